The van der Waals surface area contributed by atoms with Gasteiger partial charge in [0.25, 0.3) is 0 Å². The molecule has 2 aliphatic heterocycles. The molecule has 122 valence electrons. The van der Waals surface area contributed by atoms with Gasteiger partial charge in [-0.15, -0.1) is 0 Å². The lowest BCUT2D eigenvalue weighted by molar-refractivity contribution is -0.116. The Labute approximate surface area is 148 Å². The van der Waals surface area contributed by atoms with E-state index in [4.69, 9.17) is 9.47 Å². The molecule has 1 amide bonds. The molecule has 1 N–H and O–H groups in total. The number of carbonyl (C=O) groups excluding carboxylic acids is 1. The van der Waals surface area contributed by atoms with Gasteiger partial charge in [-0.05, 0) is 59.7 Å². The summed E-state index contributed by atoms with van der Waals surface area (Å²) in [6.45, 7) is 0.250. The van der Waals surface area contributed by atoms with Crippen LogP contribution in [0.3, 0.4) is 0 Å². The van der Waals surface area contributed by atoms with Crippen LogP contribution in [0.2, 0.25) is 0 Å². The molecular weight excluding hydrogens is 370 g/mol. The zero-order chi connectivity index (χ0) is 16.3. The van der Waals surface area contributed by atoms with E-state index in [9.17, 15) is 4.79 Å². The first-order chi connectivity index (χ1) is 11.7. The van der Waals surface area contributed by atoms with E-state index < -0.39 is 0 Å². The monoisotopic (exact) mass is 385 g/mol. The normalized spacial score (nSPS) is 20.5. The van der Waals surface area contributed by atoms with Gasteiger partial charge in [0.05, 0.1) is 0 Å². The summed E-state index contributed by atoms with van der Waals surface area (Å²) < 4.78 is 11.9. The van der Waals surface area contributed by atoms with Crippen LogP contribution in [0.15, 0.2) is 28.7 Å². The van der Waals surface area contributed by atoms with Gasteiger partial charge in [-0.25, -0.2) is 0 Å². The molecule has 5 heteroatoms. The van der Waals surface area contributed by atoms with E-state index >= 15 is 0 Å². The number of nitrogens with one attached hydrogen (secondary N) is 1. The summed E-state index contributed by atoms with van der Waals surface area (Å²) in [5, 5.41) is 3.05. The average molecular weight is 386 g/mol. The second-order valence-corrected chi connectivity index (χ2v) is 7.45. The van der Waals surface area contributed by atoms with E-state index in [1.807, 2.05) is 12.1 Å². The summed E-state index contributed by atoms with van der Waals surface area (Å²) in [5.41, 5.74) is 6.04. The molecule has 0 saturated carbocycles. The Kier molecular flexibility index (Phi) is 3.13. The summed E-state index contributed by atoms with van der Waals surface area (Å²) in [6, 6.07) is 8.41. The van der Waals surface area contributed by atoms with Crippen molar-refractivity contribution in [1.82, 2.24) is 0 Å². The molecule has 5 rings (SSSR count). The largest absolute Gasteiger partial charge is 0.454 e. The Morgan fingerprint density at radius 3 is 2.58 bits per heavy atom. The van der Waals surface area contributed by atoms with Gasteiger partial charge in [0.2, 0.25) is 12.7 Å². The van der Waals surface area contributed by atoms with Crippen LogP contribution in [0, 0.1) is 0 Å². The molecule has 0 aromatic heterocycles. The molecule has 0 bridgehead atoms. The van der Waals surface area contributed by atoms with Gasteiger partial charge in [-0.2, -0.15) is 0 Å². The van der Waals surface area contributed by atoms with E-state index in [0.29, 0.717) is 6.42 Å². The Hall–Kier alpha value is -2.01. The molecule has 0 saturated heterocycles. The molecule has 3 aliphatic rings. The molecule has 24 heavy (non-hydrogen) atoms. The molecule has 0 fully saturated rings. The number of halogens is 1. The van der Waals surface area contributed by atoms with Crippen molar-refractivity contribution in [2.24, 2.45) is 0 Å². The van der Waals surface area contributed by atoms with Crippen molar-refractivity contribution in [2.45, 2.75) is 31.6 Å². The van der Waals surface area contributed by atoms with Crippen molar-refractivity contribution < 1.29 is 14.3 Å². The van der Waals surface area contributed by atoms with Crippen molar-refractivity contribution in [1.29, 1.82) is 0 Å². The number of amides is 1. The quantitative estimate of drug-likeness (QED) is 0.802. The smallest absolute Gasteiger partial charge is 0.231 e. The van der Waals surface area contributed by atoms with Gasteiger partial charge in [0.15, 0.2) is 11.5 Å². The SMILES string of the molecule is O=C1CC(c2cc3c(cc2Br)OCO3)c2cc3c(cc2N1)CCC3. The molecule has 0 radical (unpaired) electrons. The van der Waals surface area contributed by atoms with Crippen molar-refractivity contribution in [2.75, 3.05) is 12.1 Å². The van der Waals surface area contributed by atoms with Gasteiger partial charge in [0, 0.05) is 22.5 Å². The highest BCUT2D eigenvalue weighted by atomic mass is 79.9. The molecule has 2 aromatic carbocycles. The van der Waals surface area contributed by atoms with Gasteiger partial charge in [-0.1, -0.05) is 22.0 Å². The second kappa shape index (κ2) is 5.24. The highest BCUT2D eigenvalue weighted by Crippen LogP contribution is 2.46. The Morgan fingerprint density at radius 2 is 1.75 bits per heavy atom. The lowest BCUT2D eigenvalue weighted by atomic mass is 9.83. The standard InChI is InChI=1S/C19H16BrNO3/c20-15-8-18-17(23-9-24-18)6-13(15)12-7-19(22)21-16-5-11-3-1-2-10(11)4-14(12)16/h4-6,8,12H,1-3,7,9H2,(H,21,22). The third-order valence-electron chi connectivity index (χ3n) is 5.17. The number of rotatable bonds is 1. The molecule has 2 aromatic rings. The minimum absolute atomic E-state index is 0.0310. The predicted molar refractivity (Wildman–Crippen MR) is 93.8 cm³/mol. The fourth-order valence-corrected chi connectivity index (χ4v) is 4.61. The highest BCUT2D eigenvalue weighted by Gasteiger charge is 2.31. The van der Waals surface area contributed by atoms with E-state index in [0.717, 1.165) is 40.1 Å². The van der Waals surface area contributed by atoms with Crippen molar-refractivity contribution in [3.8, 4) is 11.5 Å². The molecular formula is C19H16BrNO3. The van der Waals surface area contributed by atoms with Crippen LogP contribution in [0.1, 0.15) is 41.0 Å². The van der Waals surface area contributed by atoms with Crippen LogP contribution in [0.5, 0.6) is 11.5 Å². The Bertz CT molecular complexity index is 877. The number of benzene rings is 2. The number of ether oxygens (including phenoxy) is 2. The van der Waals surface area contributed by atoms with Gasteiger partial charge < -0.3 is 14.8 Å². The maximum atomic E-state index is 12.3. The van der Waals surface area contributed by atoms with Crippen LogP contribution in [0.25, 0.3) is 0 Å². The van der Waals surface area contributed by atoms with Gasteiger partial charge >= 0.3 is 0 Å². The van der Waals surface area contributed by atoms with E-state index in [1.54, 1.807) is 0 Å². The minimum Gasteiger partial charge on any atom is -0.454 e. The zero-order valence-electron chi connectivity index (χ0n) is 13.0. The summed E-state index contributed by atoms with van der Waals surface area (Å²) >= 11 is 3.65. The summed E-state index contributed by atoms with van der Waals surface area (Å²) in [4.78, 5) is 12.3. The second-order valence-electron chi connectivity index (χ2n) is 6.59. The number of carbonyl (C=O) groups is 1. The molecule has 0 spiro atoms. The first kappa shape index (κ1) is 14.3. The van der Waals surface area contributed by atoms with Crippen LogP contribution in [-0.2, 0) is 17.6 Å². The molecule has 1 atom stereocenters. The van der Waals surface area contributed by atoms with Crippen LogP contribution >= 0.6 is 15.9 Å². The fraction of sp³-hybridized carbons (Fsp3) is 0.316. The molecule has 4 nitrogen and oxygen atoms in total. The van der Waals surface area contributed by atoms with E-state index in [2.05, 4.69) is 33.4 Å². The lowest BCUT2D eigenvalue weighted by Gasteiger charge is -2.28. The van der Waals surface area contributed by atoms with Gasteiger partial charge in [-0.3, -0.25) is 4.79 Å². The first-order valence-corrected chi connectivity index (χ1v) is 9.03. The van der Waals surface area contributed by atoms with E-state index in [-0.39, 0.29) is 18.6 Å². The number of aryl methyl sites for hydroxylation is 2. The fourth-order valence-electron chi connectivity index (χ4n) is 4.01. The number of hydrogen-bond acceptors (Lipinski definition) is 3. The van der Waals surface area contributed by atoms with Crippen molar-refractivity contribution in [3.05, 3.63) is 51.0 Å². The minimum atomic E-state index is 0.0310. The third kappa shape index (κ3) is 2.14. The third-order valence-corrected chi connectivity index (χ3v) is 5.86. The lowest BCUT2D eigenvalue weighted by Crippen LogP contribution is -2.24. The maximum absolute atomic E-state index is 12.3. The zero-order valence-corrected chi connectivity index (χ0v) is 14.6. The van der Waals surface area contributed by atoms with Crippen LogP contribution in [0.4, 0.5) is 5.69 Å². The molecule has 1 unspecified atom stereocenters. The first-order valence-electron chi connectivity index (χ1n) is 8.23. The molecule has 1 aliphatic carbocycles. The highest BCUT2D eigenvalue weighted by molar-refractivity contribution is 9.10. The Balaban J connectivity index is 1.66. The van der Waals surface area contributed by atoms with Crippen molar-refractivity contribution in [3.63, 3.8) is 0 Å². The van der Waals surface area contributed by atoms with Gasteiger partial charge in [0.1, 0.15) is 0 Å². The summed E-state index contributed by atoms with van der Waals surface area (Å²) in [7, 11) is 0. The topological polar surface area (TPSA) is 47.6 Å². The van der Waals surface area contributed by atoms with Crippen LogP contribution in [-0.4, -0.2) is 12.7 Å². The summed E-state index contributed by atoms with van der Waals surface area (Å²) in [6.07, 6.45) is 3.89. The molecule has 2 heterocycles. The van der Waals surface area contributed by atoms with Crippen molar-refractivity contribution >= 4 is 27.5 Å². The number of fused-ring (bicyclic) bond motifs is 3. The average Bonchev–Trinajstić information content (AvgIpc) is 3.19. The number of hydrogen-bond donors (Lipinski definition) is 1. The Morgan fingerprint density at radius 1 is 1.00 bits per heavy atom. The van der Waals surface area contributed by atoms with Crippen LogP contribution < -0.4 is 14.8 Å². The maximum Gasteiger partial charge on any atom is 0.231 e. The summed E-state index contributed by atoms with van der Waals surface area (Å²) in [5.74, 6) is 1.60. The predicted octanol–water partition coefficient (Wildman–Crippen LogP) is 4.14. The number of anilines is 1. The van der Waals surface area contributed by atoms with E-state index in [1.165, 1.54) is 23.1 Å².